The first-order valence-corrected chi connectivity index (χ1v) is 6.90. The van der Waals surface area contributed by atoms with Gasteiger partial charge in [-0.25, -0.2) is 0 Å². The summed E-state index contributed by atoms with van der Waals surface area (Å²) in [6.07, 6.45) is 1.34. The highest BCUT2D eigenvalue weighted by molar-refractivity contribution is 5.33. The molecule has 0 fully saturated rings. The summed E-state index contributed by atoms with van der Waals surface area (Å²) in [5.41, 5.74) is 2.36. The van der Waals surface area contributed by atoms with Crippen LogP contribution in [0.1, 0.15) is 23.5 Å². The van der Waals surface area contributed by atoms with Crippen molar-refractivity contribution in [3.63, 3.8) is 0 Å². The molecule has 0 aromatic heterocycles. The molecule has 0 bridgehead atoms. The van der Waals surface area contributed by atoms with Crippen LogP contribution in [-0.4, -0.2) is 14.2 Å². The molecule has 1 atom stereocenters. The van der Waals surface area contributed by atoms with E-state index in [0.29, 0.717) is 6.42 Å². The zero-order valence-electron chi connectivity index (χ0n) is 12.4. The molecule has 21 heavy (non-hydrogen) atoms. The second-order valence-electron chi connectivity index (χ2n) is 4.88. The lowest BCUT2D eigenvalue weighted by atomic mass is 9.90. The molecule has 2 rings (SSSR count). The molecule has 0 amide bonds. The van der Waals surface area contributed by atoms with Gasteiger partial charge in [0.2, 0.25) is 0 Å². The van der Waals surface area contributed by atoms with Gasteiger partial charge in [-0.2, -0.15) is 5.26 Å². The number of methoxy groups -OCH3 is 2. The summed E-state index contributed by atoms with van der Waals surface area (Å²) in [4.78, 5) is 0. The Bertz CT molecular complexity index is 597. The number of ether oxygens (including phenoxy) is 2. The molecule has 3 heteroatoms. The third-order valence-corrected chi connectivity index (χ3v) is 3.57. The number of hydrogen-bond acceptors (Lipinski definition) is 3. The Morgan fingerprint density at radius 3 is 1.90 bits per heavy atom. The van der Waals surface area contributed by atoms with Crippen molar-refractivity contribution < 1.29 is 9.47 Å². The summed E-state index contributed by atoms with van der Waals surface area (Å²) in [7, 11) is 3.31. The van der Waals surface area contributed by atoms with Crippen molar-refractivity contribution in [1.29, 1.82) is 5.26 Å². The van der Waals surface area contributed by atoms with Crippen LogP contribution < -0.4 is 9.47 Å². The van der Waals surface area contributed by atoms with Gasteiger partial charge < -0.3 is 9.47 Å². The standard InChI is InChI=1S/C18H19NO2/c1-20-17-7-3-14(4-8-17)13-16(11-12-19)15-5-9-18(21-2)10-6-15/h3-10,16H,11,13H2,1-2H3/t16-/m0/s1. The van der Waals surface area contributed by atoms with Crippen LogP contribution in [0, 0.1) is 11.3 Å². The number of nitriles is 1. The van der Waals surface area contributed by atoms with Crippen molar-refractivity contribution in [1.82, 2.24) is 0 Å². The first-order chi connectivity index (χ1) is 10.3. The van der Waals surface area contributed by atoms with Crippen molar-refractivity contribution in [2.45, 2.75) is 18.8 Å². The molecule has 0 unspecified atom stereocenters. The molecule has 0 aliphatic heterocycles. The van der Waals surface area contributed by atoms with E-state index < -0.39 is 0 Å². The van der Waals surface area contributed by atoms with E-state index in [2.05, 4.69) is 6.07 Å². The predicted molar refractivity (Wildman–Crippen MR) is 82.7 cm³/mol. The molecule has 0 aliphatic rings. The number of nitrogens with zero attached hydrogens (tertiary/aromatic N) is 1. The summed E-state index contributed by atoms with van der Waals surface area (Å²) in [6.45, 7) is 0. The first-order valence-electron chi connectivity index (χ1n) is 6.90. The van der Waals surface area contributed by atoms with Gasteiger partial charge in [0.25, 0.3) is 0 Å². The van der Waals surface area contributed by atoms with Crippen LogP contribution in [0.15, 0.2) is 48.5 Å². The van der Waals surface area contributed by atoms with Gasteiger partial charge in [-0.1, -0.05) is 24.3 Å². The predicted octanol–water partition coefficient (Wildman–Crippen LogP) is 3.94. The van der Waals surface area contributed by atoms with Crippen LogP contribution in [0.25, 0.3) is 0 Å². The normalized spacial score (nSPS) is 11.5. The summed E-state index contributed by atoms with van der Waals surface area (Å²) in [5.74, 6) is 1.87. The van der Waals surface area contributed by atoms with E-state index in [9.17, 15) is 0 Å². The minimum Gasteiger partial charge on any atom is -0.497 e. The van der Waals surface area contributed by atoms with Gasteiger partial charge in [0.05, 0.1) is 20.3 Å². The number of rotatable bonds is 6. The number of benzene rings is 2. The lowest BCUT2D eigenvalue weighted by molar-refractivity contribution is 0.414. The zero-order valence-corrected chi connectivity index (χ0v) is 12.4. The molecule has 108 valence electrons. The van der Waals surface area contributed by atoms with Crippen LogP contribution in [0.2, 0.25) is 0 Å². The topological polar surface area (TPSA) is 42.2 Å². The van der Waals surface area contributed by atoms with E-state index in [1.807, 2.05) is 48.5 Å². The van der Waals surface area contributed by atoms with Gasteiger partial charge in [0.1, 0.15) is 11.5 Å². The highest BCUT2D eigenvalue weighted by Crippen LogP contribution is 2.26. The molecule has 2 aromatic rings. The third kappa shape index (κ3) is 4.00. The molecule has 0 saturated carbocycles. The van der Waals surface area contributed by atoms with Crippen LogP contribution >= 0.6 is 0 Å². The smallest absolute Gasteiger partial charge is 0.118 e. The Balaban J connectivity index is 2.15. The maximum Gasteiger partial charge on any atom is 0.118 e. The summed E-state index contributed by atoms with van der Waals surface area (Å²) < 4.78 is 10.3. The van der Waals surface area contributed by atoms with Gasteiger partial charge in [0.15, 0.2) is 0 Å². The molecule has 0 heterocycles. The Labute approximate surface area is 125 Å². The molecular weight excluding hydrogens is 262 g/mol. The zero-order chi connectivity index (χ0) is 15.1. The summed E-state index contributed by atoms with van der Waals surface area (Å²) in [6, 6.07) is 18.2. The van der Waals surface area contributed by atoms with Crippen molar-refractivity contribution in [3.05, 3.63) is 59.7 Å². The summed E-state index contributed by atoms with van der Waals surface area (Å²) >= 11 is 0. The van der Waals surface area contributed by atoms with Gasteiger partial charge in [-0.3, -0.25) is 0 Å². The van der Waals surface area contributed by atoms with Gasteiger partial charge in [0, 0.05) is 12.3 Å². The SMILES string of the molecule is COc1ccc(C[C@H](CC#N)c2ccc(OC)cc2)cc1. The van der Waals surface area contributed by atoms with Crippen molar-refractivity contribution in [2.24, 2.45) is 0 Å². The monoisotopic (exact) mass is 281 g/mol. The lowest BCUT2D eigenvalue weighted by Gasteiger charge is -2.15. The molecule has 0 saturated heterocycles. The van der Waals surface area contributed by atoms with Crippen molar-refractivity contribution in [3.8, 4) is 17.6 Å². The van der Waals surface area contributed by atoms with E-state index in [4.69, 9.17) is 14.7 Å². The molecule has 0 radical (unpaired) electrons. The average Bonchev–Trinajstić information content (AvgIpc) is 2.55. The molecule has 3 nitrogen and oxygen atoms in total. The molecule has 2 aromatic carbocycles. The molecule has 0 spiro atoms. The van der Waals surface area contributed by atoms with E-state index in [1.165, 1.54) is 5.56 Å². The van der Waals surface area contributed by atoms with Gasteiger partial charge in [-0.05, 0) is 41.8 Å². The van der Waals surface area contributed by atoms with Crippen molar-refractivity contribution >= 4 is 0 Å². The fourth-order valence-corrected chi connectivity index (χ4v) is 2.34. The lowest BCUT2D eigenvalue weighted by Crippen LogP contribution is -2.02. The van der Waals surface area contributed by atoms with E-state index >= 15 is 0 Å². The minimum absolute atomic E-state index is 0.189. The largest absolute Gasteiger partial charge is 0.497 e. The van der Waals surface area contributed by atoms with E-state index in [1.54, 1.807) is 14.2 Å². The number of hydrogen-bond donors (Lipinski definition) is 0. The van der Waals surface area contributed by atoms with Crippen LogP contribution in [0.5, 0.6) is 11.5 Å². The quantitative estimate of drug-likeness (QED) is 0.805. The van der Waals surface area contributed by atoms with Crippen LogP contribution in [0.3, 0.4) is 0 Å². The summed E-state index contributed by atoms with van der Waals surface area (Å²) in [5, 5.41) is 9.06. The third-order valence-electron chi connectivity index (χ3n) is 3.57. The van der Waals surface area contributed by atoms with Crippen LogP contribution in [0.4, 0.5) is 0 Å². The Morgan fingerprint density at radius 2 is 1.43 bits per heavy atom. The highest BCUT2D eigenvalue weighted by Gasteiger charge is 2.12. The second kappa shape index (κ2) is 7.35. The molecular formula is C18H19NO2. The fraction of sp³-hybridized carbons (Fsp3) is 0.278. The van der Waals surface area contributed by atoms with E-state index in [-0.39, 0.29) is 5.92 Å². The first kappa shape index (κ1) is 14.9. The van der Waals surface area contributed by atoms with E-state index in [0.717, 1.165) is 23.5 Å². The second-order valence-corrected chi connectivity index (χ2v) is 4.88. The fourth-order valence-electron chi connectivity index (χ4n) is 2.34. The van der Waals surface area contributed by atoms with Crippen LogP contribution in [-0.2, 0) is 6.42 Å². The molecule has 0 N–H and O–H groups in total. The maximum atomic E-state index is 9.06. The Morgan fingerprint density at radius 1 is 0.905 bits per heavy atom. The Hall–Kier alpha value is -2.47. The minimum atomic E-state index is 0.189. The van der Waals surface area contributed by atoms with Crippen molar-refractivity contribution in [2.75, 3.05) is 14.2 Å². The highest BCUT2D eigenvalue weighted by atomic mass is 16.5. The Kier molecular flexibility index (Phi) is 5.22. The van der Waals surface area contributed by atoms with Gasteiger partial charge in [-0.15, -0.1) is 0 Å². The average molecular weight is 281 g/mol. The molecule has 0 aliphatic carbocycles. The maximum absolute atomic E-state index is 9.06. The van der Waals surface area contributed by atoms with Gasteiger partial charge >= 0.3 is 0 Å².